The van der Waals surface area contributed by atoms with Crippen LogP contribution in [0.1, 0.15) is 37.8 Å². The monoisotopic (exact) mass is 276 g/mol. The maximum Gasteiger partial charge on any atom is 0.0595 e. The van der Waals surface area contributed by atoms with Crippen molar-refractivity contribution in [3.05, 3.63) is 35.4 Å². The van der Waals surface area contributed by atoms with Crippen LogP contribution < -0.4 is 5.32 Å². The molecule has 0 unspecified atom stereocenters. The first-order chi connectivity index (χ1) is 9.69. The summed E-state index contributed by atoms with van der Waals surface area (Å²) >= 11 is 0. The fourth-order valence-electron chi connectivity index (χ4n) is 2.74. The van der Waals surface area contributed by atoms with Crippen LogP contribution in [0.2, 0.25) is 0 Å². The molecule has 0 atom stereocenters. The van der Waals surface area contributed by atoms with Crippen LogP contribution in [0.5, 0.6) is 0 Å². The molecule has 1 aliphatic heterocycles. The lowest BCUT2D eigenvalue weighted by Crippen LogP contribution is -2.36. The van der Waals surface area contributed by atoms with Crippen molar-refractivity contribution in [2.24, 2.45) is 0 Å². The second-order valence-electron chi connectivity index (χ2n) is 6.02. The highest BCUT2D eigenvalue weighted by Crippen LogP contribution is 2.17. The first-order valence-corrected chi connectivity index (χ1v) is 7.74. The van der Waals surface area contributed by atoms with E-state index >= 15 is 0 Å². The minimum absolute atomic E-state index is 0.462. The Hall–Kier alpha value is -0.900. The highest BCUT2D eigenvalue weighted by Gasteiger charge is 2.19. The third kappa shape index (κ3) is 4.58. The average Bonchev–Trinajstić information content (AvgIpc) is 2.47. The molecule has 0 bridgehead atoms. The Morgan fingerprint density at radius 3 is 2.45 bits per heavy atom. The van der Waals surface area contributed by atoms with E-state index in [1.165, 1.54) is 11.1 Å². The zero-order valence-corrected chi connectivity index (χ0v) is 13.1. The molecule has 0 amide bonds. The maximum absolute atomic E-state index is 5.44. The van der Waals surface area contributed by atoms with Crippen molar-refractivity contribution in [1.82, 2.24) is 10.2 Å². The van der Waals surface area contributed by atoms with Crippen LogP contribution in [0.15, 0.2) is 24.3 Å². The summed E-state index contributed by atoms with van der Waals surface area (Å²) in [6.07, 6.45) is 2.77. The van der Waals surface area contributed by atoms with E-state index in [2.05, 4.69) is 48.3 Å². The van der Waals surface area contributed by atoms with Crippen molar-refractivity contribution in [1.29, 1.82) is 0 Å². The molecule has 1 aromatic rings. The van der Waals surface area contributed by atoms with Gasteiger partial charge in [-0.15, -0.1) is 0 Å². The molecule has 0 spiro atoms. The van der Waals surface area contributed by atoms with E-state index in [0.717, 1.165) is 39.0 Å². The fraction of sp³-hybridized carbons (Fsp3) is 0.647. The molecule has 1 aromatic carbocycles. The molecular weight excluding hydrogens is 248 g/mol. The van der Waals surface area contributed by atoms with Gasteiger partial charge in [0.15, 0.2) is 0 Å². The van der Waals surface area contributed by atoms with E-state index < -0.39 is 0 Å². The van der Waals surface area contributed by atoms with Crippen LogP contribution in [0.25, 0.3) is 0 Å². The number of nitrogens with zero attached hydrogens (tertiary/aromatic N) is 1. The van der Waals surface area contributed by atoms with Gasteiger partial charge in [-0.05, 0) is 24.0 Å². The number of ether oxygens (including phenoxy) is 1. The molecule has 1 N–H and O–H groups in total. The molecule has 1 saturated heterocycles. The third-order valence-corrected chi connectivity index (χ3v) is 4.08. The number of likely N-dealkylation sites (tertiary alicyclic amines) is 1. The lowest BCUT2D eigenvalue weighted by atomic mass is 10.0. The lowest BCUT2D eigenvalue weighted by molar-refractivity contribution is 0.0388. The summed E-state index contributed by atoms with van der Waals surface area (Å²) in [5, 5.41) is 3.52. The highest BCUT2D eigenvalue weighted by atomic mass is 16.5. The smallest absolute Gasteiger partial charge is 0.0595 e. The van der Waals surface area contributed by atoms with Crippen molar-refractivity contribution in [3.63, 3.8) is 0 Å². The van der Waals surface area contributed by atoms with Crippen molar-refractivity contribution in [3.8, 4) is 0 Å². The fourth-order valence-corrected chi connectivity index (χ4v) is 2.74. The Morgan fingerprint density at radius 1 is 1.20 bits per heavy atom. The molecule has 112 valence electrons. The average molecular weight is 276 g/mol. The molecular formula is C17H28N2O. The van der Waals surface area contributed by atoms with Crippen molar-refractivity contribution >= 4 is 0 Å². The number of hydrogen-bond acceptors (Lipinski definition) is 3. The Bertz CT molecular complexity index is 398. The van der Waals surface area contributed by atoms with Gasteiger partial charge in [0, 0.05) is 39.3 Å². The first-order valence-electron chi connectivity index (χ1n) is 7.74. The van der Waals surface area contributed by atoms with Crippen LogP contribution in [0.4, 0.5) is 0 Å². The summed E-state index contributed by atoms with van der Waals surface area (Å²) < 4.78 is 5.44. The van der Waals surface area contributed by atoms with Crippen LogP contribution in [0.3, 0.4) is 0 Å². The topological polar surface area (TPSA) is 24.5 Å². The Labute approximate surface area is 123 Å². The summed E-state index contributed by atoms with van der Waals surface area (Å²) in [5.74, 6) is 0. The summed E-state index contributed by atoms with van der Waals surface area (Å²) in [6, 6.07) is 9.32. The lowest BCUT2D eigenvalue weighted by Gasteiger charge is -2.31. The zero-order chi connectivity index (χ0) is 14.4. The van der Waals surface area contributed by atoms with Crippen LogP contribution >= 0.6 is 0 Å². The standard InChI is InChI=1S/C17H28N2O/c1-14(2)18-12-15-6-4-5-7-16(15)13-19-10-8-17(20-3)9-11-19/h4-7,14,17-18H,8-13H2,1-3H3. The molecule has 1 aliphatic rings. The summed E-state index contributed by atoms with van der Waals surface area (Å²) in [5.41, 5.74) is 2.88. The van der Waals surface area contributed by atoms with E-state index in [9.17, 15) is 0 Å². The summed E-state index contributed by atoms with van der Waals surface area (Å²) in [4.78, 5) is 2.55. The SMILES string of the molecule is COC1CCN(Cc2ccccc2CNC(C)C)CC1. The van der Waals surface area contributed by atoms with Gasteiger partial charge in [-0.25, -0.2) is 0 Å². The van der Waals surface area contributed by atoms with Crippen molar-refractivity contribution < 1.29 is 4.74 Å². The van der Waals surface area contributed by atoms with Crippen LogP contribution in [-0.4, -0.2) is 37.2 Å². The van der Waals surface area contributed by atoms with Crippen LogP contribution in [-0.2, 0) is 17.8 Å². The van der Waals surface area contributed by atoms with Gasteiger partial charge in [-0.1, -0.05) is 38.1 Å². The Balaban J connectivity index is 1.92. The molecule has 0 radical (unpaired) electrons. The Morgan fingerprint density at radius 2 is 1.85 bits per heavy atom. The molecule has 1 heterocycles. The van der Waals surface area contributed by atoms with Gasteiger partial charge in [0.05, 0.1) is 6.10 Å². The minimum Gasteiger partial charge on any atom is -0.381 e. The van der Waals surface area contributed by atoms with Crippen molar-refractivity contribution in [2.45, 2.75) is 51.9 Å². The van der Waals surface area contributed by atoms with Gasteiger partial charge in [-0.2, -0.15) is 0 Å². The molecule has 2 rings (SSSR count). The number of nitrogens with one attached hydrogen (secondary N) is 1. The van der Waals surface area contributed by atoms with Gasteiger partial charge >= 0.3 is 0 Å². The second kappa shape index (κ2) is 7.77. The van der Waals surface area contributed by atoms with Gasteiger partial charge in [0.25, 0.3) is 0 Å². The van der Waals surface area contributed by atoms with E-state index in [1.54, 1.807) is 0 Å². The summed E-state index contributed by atoms with van der Waals surface area (Å²) in [6.45, 7) is 8.69. The number of methoxy groups -OCH3 is 1. The number of rotatable bonds is 6. The molecule has 20 heavy (non-hydrogen) atoms. The molecule has 1 fully saturated rings. The van der Waals surface area contributed by atoms with E-state index in [4.69, 9.17) is 4.74 Å². The predicted molar refractivity (Wildman–Crippen MR) is 83.7 cm³/mol. The molecule has 0 saturated carbocycles. The predicted octanol–water partition coefficient (Wildman–Crippen LogP) is 2.80. The summed E-state index contributed by atoms with van der Waals surface area (Å²) in [7, 11) is 1.83. The van der Waals surface area contributed by atoms with E-state index in [0.29, 0.717) is 12.1 Å². The largest absolute Gasteiger partial charge is 0.381 e. The van der Waals surface area contributed by atoms with E-state index in [1.807, 2.05) is 7.11 Å². The van der Waals surface area contributed by atoms with Crippen LogP contribution in [0, 0.1) is 0 Å². The van der Waals surface area contributed by atoms with E-state index in [-0.39, 0.29) is 0 Å². The van der Waals surface area contributed by atoms with Gasteiger partial charge in [-0.3, -0.25) is 4.90 Å². The zero-order valence-electron chi connectivity index (χ0n) is 13.1. The number of piperidine rings is 1. The van der Waals surface area contributed by atoms with Gasteiger partial charge < -0.3 is 10.1 Å². The van der Waals surface area contributed by atoms with Gasteiger partial charge in [0.2, 0.25) is 0 Å². The third-order valence-electron chi connectivity index (χ3n) is 4.08. The van der Waals surface area contributed by atoms with Gasteiger partial charge in [0.1, 0.15) is 0 Å². The number of benzene rings is 1. The Kier molecular flexibility index (Phi) is 6.02. The minimum atomic E-state index is 0.462. The molecule has 0 aromatic heterocycles. The number of hydrogen-bond donors (Lipinski definition) is 1. The normalized spacial score (nSPS) is 17.8. The molecule has 3 nitrogen and oxygen atoms in total. The maximum atomic E-state index is 5.44. The second-order valence-corrected chi connectivity index (χ2v) is 6.02. The van der Waals surface area contributed by atoms with Crippen molar-refractivity contribution in [2.75, 3.05) is 20.2 Å². The first kappa shape index (κ1) is 15.5. The molecule has 0 aliphatic carbocycles. The molecule has 3 heteroatoms. The highest BCUT2D eigenvalue weighted by molar-refractivity contribution is 5.27. The quantitative estimate of drug-likeness (QED) is 0.864.